The van der Waals surface area contributed by atoms with Crippen LogP contribution >= 0.6 is 0 Å². The Morgan fingerprint density at radius 1 is 1.52 bits per heavy atom. The molecule has 0 atom stereocenters. The number of nitrogens with zero attached hydrogens (tertiary/aromatic N) is 1. The Labute approximate surface area is 124 Å². The van der Waals surface area contributed by atoms with Gasteiger partial charge in [-0.15, -0.1) is 0 Å². The van der Waals surface area contributed by atoms with Gasteiger partial charge in [-0.1, -0.05) is 0 Å². The zero-order valence-electron chi connectivity index (χ0n) is 12.5. The lowest BCUT2D eigenvalue weighted by Crippen LogP contribution is -2.48. The number of ether oxygens (including phenoxy) is 1. The predicted octanol–water partition coefficient (Wildman–Crippen LogP) is 1.85. The van der Waals surface area contributed by atoms with Crippen LogP contribution in [0.1, 0.15) is 20.3 Å². The molecule has 2 rings (SSSR count). The molecule has 21 heavy (non-hydrogen) atoms. The minimum Gasteiger partial charge on any atom is -0.396 e. The number of nitrogens with one attached hydrogen (secondary N) is 1. The molecule has 0 saturated carbocycles. The van der Waals surface area contributed by atoms with Gasteiger partial charge < -0.3 is 15.8 Å². The average molecular weight is 295 g/mol. The van der Waals surface area contributed by atoms with E-state index in [0.29, 0.717) is 25.3 Å². The molecule has 1 aliphatic rings. The number of benzene rings is 1. The fourth-order valence-corrected chi connectivity index (χ4v) is 2.41. The van der Waals surface area contributed by atoms with Crippen LogP contribution in [0.4, 0.5) is 15.8 Å². The lowest BCUT2D eigenvalue weighted by molar-refractivity contribution is -0.118. The fourth-order valence-electron chi connectivity index (χ4n) is 2.41. The Morgan fingerprint density at radius 2 is 2.29 bits per heavy atom. The van der Waals surface area contributed by atoms with Crippen molar-refractivity contribution in [1.29, 1.82) is 0 Å². The van der Waals surface area contributed by atoms with Crippen LogP contribution in [0.3, 0.4) is 0 Å². The fraction of sp³-hybridized carbons (Fsp3) is 0.533. The maximum absolute atomic E-state index is 13.0. The van der Waals surface area contributed by atoms with E-state index >= 15 is 0 Å². The number of halogens is 1. The Hall–Kier alpha value is -1.66. The smallest absolute Gasteiger partial charge is 0.225 e. The zero-order valence-corrected chi connectivity index (χ0v) is 12.5. The van der Waals surface area contributed by atoms with E-state index in [0.717, 1.165) is 13.1 Å². The van der Waals surface area contributed by atoms with Crippen molar-refractivity contribution in [1.82, 2.24) is 4.90 Å². The molecule has 1 aromatic carbocycles. The van der Waals surface area contributed by atoms with Crippen LogP contribution in [0.25, 0.3) is 0 Å². The number of hydrogen-bond donors (Lipinski definition) is 2. The third kappa shape index (κ3) is 4.68. The molecule has 6 heteroatoms. The number of hydrogen-bond acceptors (Lipinski definition) is 4. The predicted molar refractivity (Wildman–Crippen MR) is 80.5 cm³/mol. The van der Waals surface area contributed by atoms with Gasteiger partial charge in [0, 0.05) is 31.7 Å². The monoisotopic (exact) mass is 295 g/mol. The Bertz CT molecular complexity index is 520. The molecule has 1 saturated heterocycles. The molecule has 1 fully saturated rings. The van der Waals surface area contributed by atoms with Crippen LogP contribution < -0.4 is 11.1 Å². The van der Waals surface area contributed by atoms with Crippen LogP contribution in [0.2, 0.25) is 0 Å². The maximum Gasteiger partial charge on any atom is 0.225 e. The molecule has 5 nitrogen and oxygen atoms in total. The van der Waals surface area contributed by atoms with Crippen LogP contribution in [0.5, 0.6) is 0 Å². The second kappa shape index (κ2) is 6.41. The standard InChI is InChI=1S/C15H22FN3O2/c1-15(2)10-19(7-8-21-15)6-5-14(20)18-11-3-4-12(16)13(17)9-11/h3-4,9H,5-8,10,17H2,1-2H3,(H,18,20). The SMILES string of the molecule is CC1(C)CN(CCC(=O)Nc2ccc(F)c(N)c2)CCO1. The number of carbonyl (C=O) groups excluding carboxylic acids is 1. The largest absolute Gasteiger partial charge is 0.396 e. The van der Waals surface area contributed by atoms with Crippen LogP contribution in [0, 0.1) is 5.82 Å². The van der Waals surface area contributed by atoms with Gasteiger partial charge in [0.2, 0.25) is 5.91 Å². The van der Waals surface area contributed by atoms with Gasteiger partial charge in [0.1, 0.15) is 5.82 Å². The van der Waals surface area contributed by atoms with E-state index in [9.17, 15) is 9.18 Å². The van der Waals surface area contributed by atoms with Gasteiger partial charge in [-0.2, -0.15) is 0 Å². The summed E-state index contributed by atoms with van der Waals surface area (Å²) in [5, 5.41) is 2.73. The molecule has 0 unspecified atom stereocenters. The van der Waals surface area contributed by atoms with Gasteiger partial charge in [-0.05, 0) is 32.0 Å². The molecular formula is C15H22FN3O2. The van der Waals surface area contributed by atoms with E-state index in [-0.39, 0.29) is 17.2 Å². The van der Waals surface area contributed by atoms with Crippen molar-refractivity contribution >= 4 is 17.3 Å². The molecule has 0 aromatic heterocycles. The Kier molecular flexibility index (Phi) is 4.80. The molecule has 1 heterocycles. The first-order valence-corrected chi connectivity index (χ1v) is 7.07. The van der Waals surface area contributed by atoms with E-state index in [1.54, 1.807) is 0 Å². The highest BCUT2D eigenvalue weighted by molar-refractivity contribution is 5.91. The first-order chi connectivity index (χ1) is 9.85. The van der Waals surface area contributed by atoms with Crippen molar-refractivity contribution < 1.29 is 13.9 Å². The van der Waals surface area contributed by atoms with Gasteiger partial charge in [-0.3, -0.25) is 9.69 Å². The summed E-state index contributed by atoms with van der Waals surface area (Å²) in [6, 6.07) is 4.17. The summed E-state index contributed by atoms with van der Waals surface area (Å²) in [5.74, 6) is -0.589. The third-order valence-corrected chi connectivity index (χ3v) is 3.44. The molecule has 0 aliphatic carbocycles. The number of nitrogens with two attached hydrogens (primary N) is 1. The topological polar surface area (TPSA) is 67.6 Å². The average Bonchev–Trinajstić information content (AvgIpc) is 2.40. The first-order valence-electron chi connectivity index (χ1n) is 7.07. The number of anilines is 2. The van der Waals surface area contributed by atoms with E-state index < -0.39 is 5.82 Å². The summed E-state index contributed by atoms with van der Waals surface area (Å²) < 4.78 is 18.7. The minimum absolute atomic E-state index is 0.0303. The summed E-state index contributed by atoms with van der Waals surface area (Å²) in [5.41, 5.74) is 5.85. The van der Waals surface area contributed by atoms with Crippen molar-refractivity contribution in [2.75, 3.05) is 37.3 Å². The summed E-state index contributed by atoms with van der Waals surface area (Å²) in [7, 11) is 0. The summed E-state index contributed by atoms with van der Waals surface area (Å²) >= 11 is 0. The Balaban J connectivity index is 1.80. The minimum atomic E-state index is -0.483. The van der Waals surface area contributed by atoms with Gasteiger partial charge in [-0.25, -0.2) is 4.39 Å². The highest BCUT2D eigenvalue weighted by Gasteiger charge is 2.27. The maximum atomic E-state index is 13.0. The Morgan fingerprint density at radius 3 is 2.95 bits per heavy atom. The molecule has 116 valence electrons. The second-order valence-corrected chi connectivity index (χ2v) is 5.92. The number of carbonyl (C=O) groups is 1. The molecular weight excluding hydrogens is 273 g/mol. The highest BCUT2D eigenvalue weighted by Crippen LogP contribution is 2.18. The number of nitrogen functional groups attached to an aromatic ring is 1. The summed E-state index contributed by atoms with van der Waals surface area (Å²) in [4.78, 5) is 14.1. The van der Waals surface area contributed by atoms with E-state index in [1.807, 2.05) is 13.8 Å². The van der Waals surface area contributed by atoms with Crippen molar-refractivity contribution in [3.05, 3.63) is 24.0 Å². The molecule has 1 aliphatic heterocycles. The molecule has 1 aromatic rings. The number of morpholine rings is 1. The lowest BCUT2D eigenvalue weighted by Gasteiger charge is -2.38. The highest BCUT2D eigenvalue weighted by atomic mass is 19.1. The van der Waals surface area contributed by atoms with E-state index in [1.165, 1.54) is 18.2 Å². The van der Waals surface area contributed by atoms with Gasteiger partial charge in [0.25, 0.3) is 0 Å². The van der Waals surface area contributed by atoms with Crippen LogP contribution in [-0.2, 0) is 9.53 Å². The van der Waals surface area contributed by atoms with Crippen molar-refractivity contribution in [3.63, 3.8) is 0 Å². The molecule has 0 spiro atoms. The van der Waals surface area contributed by atoms with Crippen molar-refractivity contribution in [3.8, 4) is 0 Å². The van der Waals surface area contributed by atoms with E-state index in [2.05, 4.69) is 10.2 Å². The quantitative estimate of drug-likeness (QED) is 0.832. The number of rotatable bonds is 4. The molecule has 0 radical (unpaired) electrons. The first kappa shape index (κ1) is 15.7. The van der Waals surface area contributed by atoms with Crippen molar-refractivity contribution in [2.24, 2.45) is 0 Å². The summed E-state index contributed by atoms with van der Waals surface area (Å²) in [6.07, 6.45) is 0.382. The van der Waals surface area contributed by atoms with Gasteiger partial charge in [0.05, 0.1) is 17.9 Å². The lowest BCUT2D eigenvalue weighted by atomic mass is 10.1. The van der Waals surface area contributed by atoms with Crippen molar-refractivity contribution in [2.45, 2.75) is 25.9 Å². The normalized spacial score (nSPS) is 18.4. The van der Waals surface area contributed by atoms with E-state index in [4.69, 9.17) is 10.5 Å². The van der Waals surface area contributed by atoms with Crippen LogP contribution in [-0.4, -0.2) is 42.6 Å². The van der Waals surface area contributed by atoms with Crippen LogP contribution in [0.15, 0.2) is 18.2 Å². The third-order valence-electron chi connectivity index (χ3n) is 3.44. The molecule has 1 amide bonds. The number of amides is 1. The van der Waals surface area contributed by atoms with Gasteiger partial charge in [0.15, 0.2) is 0 Å². The summed E-state index contributed by atoms with van der Waals surface area (Å²) in [6.45, 7) is 7.09. The second-order valence-electron chi connectivity index (χ2n) is 5.92. The zero-order chi connectivity index (χ0) is 15.5. The van der Waals surface area contributed by atoms with Gasteiger partial charge >= 0.3 is 0 Å². The molecule has 3 N–H and O–H groups in total. The molecule has 0 bridgehead atoms.